The first-order valence-electron chi connectivity index (χ1n) is 8.02. The Labute approximate surface area is 150 Å². The minimum atomic E-state index is -0.462. The van der Waals surface area contributed by atoms with Gasteiger partial charge in [0.15, 0.2) is 0 Å². The number of aromatic nitrogens is 2. The Bertz CT molecular complexity index is 829. The third-order valence-corrected chi connectivity index (χ3v) is 3.32. The van der Waals surface area contributed by atoms with E-state index in [1.165, 1.54) is 0 Å². The second kappa shape index (κ2) is 8.65. The van der Waals surface area contributed by atoms with Gasteiger partial charge in [0.2, 0.25) is 11.9 Å². The zero-order valence-electron chi connectivity index (χ0n) is 14.8. The van der Waals surface area contributed by atoms with Gasteiger partial charge in [-0.2, -0.15) is 4.98 Å². The van der Waals surface area contributed by atoms with Crippen LogP contribution in [0.4, 0.5) is 17.5 Å². The van der Waals surface area contributed by atoms with Gasteiger partial charge in [-0.25, -0.2) is 0 Å². The number of aromatic amines is 1. The Balaban J connectivity index is 2.03. The van der Waals surface area contributed by atoms with Crippen molar-refractivity contribution in [1.29, 1.82) is 5.41 Å². The molecule has 26 heavy (non-hydrogen) atoms. The molecule has 0 atom stereocenters. The van der Waals surface area contributed by atoms with Crippen LogP contribution in [0.5, 0.6) is 5.75 Å². The van der Waals surface area contributed by atoms with Crippen molar-refractivity contribution in [3.8, 4) is 5.75 Å². The van der Waals surface area contributed by atoms with Gasteiger partial charge in [-0.1, -0.05) is 0 Å². The van der Waals surface area contributed by atoms with Crippen molar-refractivity contribution in [2.24, 2.45) is 0 Å². The molecule has 0 aliphatic heterocycles. The van der Waals surface area contributed by atoms with Gasteiger partial charge in [-0.3, -0.25) is 14.6 Å². The lowest BCUT2D eigenvalue weighted by Crippen LogP contribution is -2.26. The Morgan fingerprint density at radius 3 is 2.62 bits per heavy atom. The molecule has 1 amide bonds. The van der Waals surface area contributed by atoms with Crippen molar-refractivity contribution in [1.82, 2.24) is 9.97 Å². The van der Waals surface area contributed by atoms with Crippen molar-refractivity contribution in [3.05, 3.63) is 40.2 Å². The summed E-state index contributed by atoms with van der Waals surface area (Å²) >= 11 is 0. The van der Waals surface area contributed by atoms with Crippen molar-refractivity contribution in [2.75, 3.05) is 29.6 Å². The number of hydrogen-bond donors (Lipinski definition) is 5. The first-order chi connectivity index (χ1) is 12.4. The first kappa shape index (κ1) is 19.0. The van der Waals surface area contributed by atoms with Gasteiger partial charge < -0.3 is 26.1 Å². The molecule has 0 bridgehead atoms. The van der Waals surface area contributed by atoms with Gasteiger partial charge in [-0.15, -0.1) is 0 Å². The Hall–Kier alpha value is -3.36. The number of amides is 1. The van der Waals surface area contributed by atoms with E-state index in [0.717, 1.165) is 6.21 Å². The van der Waals surface area contributed by atoms with Crippen LogP contribution in [0, 0.1) is 5.41 Å². The van der Waals surface area contributed by atoms with Crippen LogP contribution < -0.4 is 26.2 Å². The molecule has 0 aliphatic rings. The maximum absolute atomic E-state index is 12.0. The molecule has 2 rings (SSSR count). The molecular weight excluding hydrogens is 336 g/mol. The summed E-state index contributed by atoms with van der Waals surface area (Å²) in [5, 5.41) is 15.8. The van der Waals surface area contributed by atoms with Gasteiger partial charge in [0.05, 0.1) is 19.2 Å². The van der Waals surface area contributed by atoms with E-state index in [4.69, 9.17) is 10.1 Å². The van der Waals surface area contributed by atoms with Crippen LogP contribution >= 0.6 is 0 Å². The molecule has 1 aromatic carbocycles. The smallest absolute Gasteiger partial charge is 0.263 e. The quantitative estimate of drug-likeness (QED) is 0.456. The lowest BCUT2D eigenvalue weighted by Gasteiger charge is -2.13. The predicted octanol–water partition coefficient (Wildman–Crippen LogP) is 1.65. The summed E-state index contributed by atoms with van der Waals surface area (Å²) in [6.45, 7) is 3.71. The SMILES string of the molecule is COc1ccc(NC(=O)CNc2nc(NC(C)C)c(C=N)c(=O)[nH]2)cc1. The number of anilines is 3. The summed E-state index contributed by atoms with van der Waals surface area (Å²) in [5.41, 5.74) is 0.295. The average Bonchev–Trinajstić information content (AvgIpc) is 2.60. The molecule has 0 saturated carbocycles. The highest BCUT2D eigenvalue weighted by Gasteiger charge is 2.11. The van der Waals surface area contributed by atoms with Gasteiger partial charge in [0.1, 0.15) is 11.6 Å². The minimum Gasteiger partial charge on any atom is -0.497 e. The van der Waals surface area contributed by atoms with Crippen molar-refractivity contribution >= 4 is 29.6 Å². The highest BCUT2D eigenvalue weighted by Crippen LogP contribution is 2.15. The first-order valence-corrected chi connectivity index (χ1v) is 8.02. The number of nitrogens with zero attached hydrogens (tertiary/aromatic N) is 1. The standard InChI is InChI=1S/C17H22N6O3/c1-10(2)20-15-13(8-18)16(25)23-17(22-15)19-9-14(24)21-11-4-6-12(26-3)7-5-11/h4-8,10,18H,9H2,1-3H3,(H,21,24)(H3,19,20,22,23,25). The minimum absolute atomic E-state index is 0.0363. The van der Waals surface area contributed by atoms with Gasteiger partial charge >= 0.3 is 0 Å². The predicted molar refractivity (Wildman–Crippen MR) is 102 cm³/mol. The van der Waals surface area contributed by atoms with Crippen LogP contribution in [0.3, 0.4) is 0 Å². The van der Waals surface area contributed by atoms with Crippen LogP contribution in [0.2, 0.25) is 0 Å². The number of rotatable bonds is 8. The van der Waals surface area contributed by atoms with Crippen molar-refractivity contribution in [3.63, 3.8) is 0 Å². The monoisotopic (exact) mass is 358 g/mol. The van der Waals surface area contributed by atoms with Crippen LogP contribution in [-0.2, 0) is 4.79 Å². The Morgan fingerprint density at radius 2 is 2.04 bits per heavy atom. The largest absolute Gasteiger partial charge is 0.497 e. The van der Waals surface area contributed by atoms with Gasteiger partial charge in [0, 0.05) is 17.9 Å². The number of methoxy groups -OCH3 is 1. The summed E-state index contributed by atoms with van der Waals surface area (Å²) in [4.78, 5) is 30.8. The molecule has 0 aliphatic carbocycles. The van der Waals surface area contributed by atoms with Crippen molar-refractivity contribution < 1.29 is 9.53 Å². The van der Waals surface area contributed by atoms with Gasteiger partial charge in [0.25, 0.3) is 5.56 Å². The number of H-pyrrole nitrogens is 1. The molecule has 0 radical (unpaired) electrons. The summed E-state index contributed by atoms with van der Waals surface area (Å²) < 4.78 is 5.06. The Kier molecular flexibility index (Phi) is 6.31. The third kappa shape index (κ3) is 5.07. The molecule has 5 N–H and O–H groups in total. The Morgan fingerprint density at radius 1 is 1.35 bits per heavy atom. The van der Waals surface area contributed by atoms with Crippen molar-refractivity contribution in [2.45, 2.75) is 19.9 Å². The van der Waals surface area contributed by atoms with E-state index in [1.807, 2.05) is 13.8 Å². The molecule has 1 aromatic heterocycles. The van der Waals surface area contributed by atoms with Crippen LogP contribution in [0.15, 0.2) is 29.1 Å². The molecule has 0 spiro atoms. The molecule has 0 fully saturated rings. The number of hydrogen-bond acceptors (Lipinski definition) is 7. The summed E-state index contributed by atoms with van der Waals surface area (Å²) in [6.07, 6.45) is 0.941. The van der Waals surface area contributed by atoms with Crippen LogP contribution in [0.1, 0.15) is 19.4 Å². The molecular formula is C17H22N6O3. The maximum atomic E-state index is 12.0. The number of nitrogens with one attached hydrogen (secondary N) is 5. The highest BCUT2D eigenvalue weighted by molar-refractivity contribution is 5.93. The van der Waals surface area contributed by atoms with Crippen LogP contribution in [0.25, 0.3) is 0 Å². The molecule has 138 valence electrons. The fourth-order valence-corrected chi connectivity index (χ4v) is 2.13. The molecule has 9 nitrogen and oxygen atoms in total. The molecule has 2 aromatic rings. The fourth-order valence-electron chi connectivity index (χ4n) is 2.13. The molecule has 9 heteroatoms. The number of carbonyl (C=O) groups is 1. The summed E-state index contributed by atoms with van der Waals surface area (Å²) in [7, 11) is 1.57. The molecule has 0 unspecified atom stereocenters. The van der Waals surface area contributed by atoms with E-state index in [-0.39, 0.29) is 35.8 Å². The third-order valence-electron chi connectivity index (χ3n) is 3.32. The van der Waals surface area contributed by atoms with Gasteiger partial charge in [-0.05, 0) is 38.1 Å². The molecule has 1 heterocycles. The zero-order chi connectivity index (χ0) is 19.1. The maximum Gasteiger partial charge on any atom is 0.263 e. The lowest BCUT2D eigenvalue weighted by molar-refractivity contribution is -0.114. The fraction of sp³-hybridized carbons (Fsp3) is 0.294. The summed E-state index contributed by atoms with van der Waals surface area (Å²) in [6, 6.07) is 6.96. The second-order valence-electron chi connectivity index (χ2n) is 5.75. The number of benzene rings is 1. The normalized spacial score (nSPS) is 10.3. The average molecular weight is 358 g/mol. The summed E-state index contributed by atoms with van der Waals surface area (Å²) in [5.74, 6) is 0.831. The molecule has 0 saturated heterocycles. The topological polar surface area (TPSA) is 132 Å². The van der Waals surface area contributed by atoms with E-state index in [9.17, 15) is 9.59 Å². The van der Waals surface area contributed by atoms with E-state index < -0.39 is 5.56 Å². The lowest BCUT2D eigenvalue weighted by atomic mass is 10.3. The van der Waals surface area contributed by atoms with E-state index in [1.54, 1.807) is 31.4 Å². The van der Waals surface area contributed by atoms with Crippen LogP contribution in [-0.4, -0.2) is 41.8 Å². The number of ether oxygens (including phenoxy) is 1. The second-order valence-corrected chi connectivity index (χ2v) is 5.75. The van der Waals surface area contributed by atoms with E-state index in [0.29, 0.717) is 11.4 Å². The van der Waals surface area contributed by atoms with E-state index in [2.05, 4.69) is 25.9 Å². The van der Waals surface area contributed by atoms with E-state index >= 15 is 0 Å². The zero-order valence-corrected chi connectivity index (χ0v) is 14.8. The highest BCUT2D eigenvalue weighted by atomic mass is 16.5. The number of carbonyl (C=O) groups excluding carboxylic acids is 1.